The lowest BCUT2D eigenvalue weighted by Gasteiger charge is -2.28. The Morgan fingerprint density at radius 1 is 1.10 bits per heavy atom. The predicted molar refractivity (Wildman–Crippen MR) is 123 cm³/mol. The van der Waals surface area contributed by atoms with Crippen molar-refractivity contribution in [1.82, 2.24) is 4.90 Å². The van der Waals surface area contributed by atoms with Crippen molar-refractivity contribution in [3.05, 3.63) is 83.3 Å². The van der Waals surface area contributed by atoms with Crippen LogP contribution in [0.25, 0.3) is 0 Å². The first-order valence-electron chi connectivity index (χ1n) is 10.5. The number of amides is 2. The van der Waals surface area contributed by atoms with E-state index in [0.29, 0.717) is 30.5 Å². The number of anilines is 1. The number of thioether (sulfide) groups is 1. The Balaban J connectivity index is 1.38. The lowest BCUT2D eigenvalue weighted by molar-refractivity contribution is -0.115. The van der Waals surface area contributed by atoms with Gasteiger partial charge in [-0.05, 0) is 59.5 Å². The molecule has 0 unspecified atom stereocenters. The summed E-state index contributed by atoms with van der Waals surface area (Å²) in [6, 6.07) is 17.5. The molecular weight excluding hydrogens is 408 g/mol. The van der Waals surface area contributed by atoms with E-state index in [1.807, 2.05) is 42.1 Å². The molecule has 1 aromatic heterocycles. The summed E-state index contributed by atoms with van der Waals surface area (Å²) in [6.45, 7) is 5.49. The minimum absolute atomic E-state index is 0.0523. The summed E-state index contributed by atoms with van der Waals surface area (Å²) < 4.78 is 5.25. The van der Waals surface area contributed by atoms with Crippen LogP contribution in [0.4, 0.5) is 5.69 Å². The number of hydrogen-bond donors (Lipinski definition) is 1. The predicted octanol–water partition coefficient (Wildman–Crippen LogP) is 5.16. The molecule has 160 valence electrons. The van der Waals surface area contributed by atoms with E-state index in [4.69, 9.17) is 4.42 Å². The molecule has 5 nitrogen and oxygen atoms in total. The molecule has 31 heavy (non-hydrogen) atoms. The van der Waals surface area contributed by atoms with E-state index in [9.17, 15) is 9.59 Å². The van der Waals surface area contributed by atoms with Gasteiger partial charge in [0, 0.05) is 28.9 Å². The van der Waals surface area contributed by atoms with Gasteiger partial charge >= 0.3 is 0 Å². The first-order chi connectivity index (χ1) is 15.0. The van der Waals surface area contributed by atoms with Gasteiger partial charge in [0.15, 0.2) is 5.76 Å². The van der Waals surface area contributed by atoms with Crippen LogP contribution in [0.2, 0.25) is 0 Å². The average molecular weight is 435 g/mol. The van der Waals surface area contributed by atoms with Crippen LogP contribution in [0.5, 0.6) is 0 Å². The number of nitrogens with zero attached hydrogens (tertiary/aromatic N) is 1. The molecule has 0 spiro atoms. The number of carbonyl (C=O) groups excluding carboxylic acids is 2. The van der Waals surface area contributed by atoms with Gasteiger partial charge in [0.25, 0.3) is 5.91 Å². The maximum absolute atomic E-state index is 12.6. The summed E-state index contributed by atoms with van der Waals surface area (Å²) in [7, 11) is 0. The highest BCUT2D eigenvalue weighted by molar-refractivity contribution is 7.99. The van der Waals surface area contributed by atoms with E-state index in [1.54, 1.807) is 17.0 Å². The van der Waals surface area contributed by atoms with Gasteiger partial charge in [-0.1, -0.05) is 32.0 Å². The molecule has 2 amide bonds. The molecular formula is C25H26N2O3S. The Bertz CT molecular complexity index is 1060. The summed E-state index contributed by atoms with van der Waals surface area (Å²) in [5.74, 6) is 0.193. The molecule has 1 N–H and O–H groups in total. The quantitative estimate of drug-likeness (QED) is 0.545. The highest BCUT2D eigenvalue weighted by Crippen LogP contribution is 2.25. The fourth-order valence-corrected chi connectivity index (χ4v) is 4.55. The molecule has 4 rings (SSSR count). The zero-order valence-electron chi connectivity index (χ0n) is 17.8. The molecule has 2 heterocycles. The van der Waals surface area contributed by atoms with Gasteiger partial charge in [-0.25, -0.2) is 0 Å². The highest BCUT2D eigenvalue weighted by atomic mass is 32.2. The molecule has 6 heteroatoms. The molecule has 0 aliphatic carbocycles. The Hall–Kier alpha value is -2.99. The molecule has 0 radical (unpaired) electrons. The topological polar surface area (TPSA) is 62.6 Å². The summed E-state index contributed by atoms with van der Waals surface area (Å²) in [5.41, 5.74) is 4.00. The second-order valence-electron chi connectivity index (χ2n) is 7.97. The van der Waals surface area contributed by atoms with Gasteiger partial charge in [0.1, 0.15) is 0 Å². The van der Waals surface area contributed by atoms with E-state index in [2.05, 4.69) is 31.3 Å². The van der Waals surface area contributed by atoms with Gasteiger partial charge < -0.3 is 14.6 Å². The molecule has 0 atom stereocenters. The number of furan rings is 1. The Morgan fingerprint density at radius 2 is 1.90 bits per heavy atom. The van der Waals surface area contributed by atoms with Crippen molar-refractivity contribution in [1.29, 1.82) is 0 Å². The first kappa shape index (κ1) is 21.2. The van der Waals surface area contributed by atoms with Crippen molar-refractivity contribution in [3.8, 4) is 0 Å². The minimum atomic E-state index is -0.107. The standard InChI is InChI=1S/C25H26N2O3S/c1-17(2)31-22-9-5-18(6-10-22)14-24(28)26-21-8-7-19-11-12-27(16-20(19)15-21)25(29)23-4-3-13-30-23/h3-10,13,15,17H,11-12,14,16H2,1-2H3,(H,26,28). The van der Waals surface area contributed by atoms with Crippen LogP contribution < -0.4 is 5.32 Å². The molecule has 2 aromatic carbocycles. The Morgan fingerprint density at radius 3 is 2.61 bits per heavy atom. The molecule has 1 aliphatic rings. The van der Waals surface area contributed by atoms with Gasteiger partial charge in [0.05, 0.1) is 12.7 Å². The van der Waals surface area contributed by atoms with Crippen molar-refractivity contribution >= 4 is 29.3 Å². The molecule has 1 aliphatic heterocycles. The monoisotopic (exact) mass is 434 g/mol. The van der Waals surface area contributed by atoms with Gasteiger partial charge in [-0.2, -0.15) is 0 Å². The third-order valence-electron chi connectivity index (χ3n) is 5.18. The third-order valence-corrected chi connectivity index (χ3v) is 6.20. The van der Waals surface area contributed by atoms with Gasteiger partial charge in [-0.15, -0.1) is 11.8 Å². The molecule has 0 fully saturated rings. The van der Waals surface area contributed by atoms with E-state index in [0.717, 1.165) is 23.2 Å². The Kier molecular flexibility index (Phi) is 6.47. The van der Waals surface area contributed by atoms with E-state index in [1.165, 1.54) is 16.7 Å². The first-order valence-corrected chi connectivity index (χ1v) is 11.4. The van der Waals surface area contributed by atoms with Crippen molar-refractivity contribution in [3.63, 3.8) is 0 Å². The minimum Gasteiger partial charge on any atom is -0.459 e. The summed E-state index contributed by atoms with van der Waals surface area (Å²) in [5, 5.41) is 3.52. The highest BCUT2D eigenvalue weighted by Gasteiger charge is 2.23. The maximum Gasteiger partial charge on any atom is 0.289 e. The lowest BCUT2D eigenvalue weighted by atomic mass is 9.98. The van der Waals surface area contributed by atoms with Crippen molar-refractivity contribution in [2.75, 3.05) is 11.9 Å². The van der Waals surface area contributed by atoms with Crippen molar-refractivity contribution in [2.24, 2.45) is 0 Å². The fraction of sp³-hybridized carbons (Fsp3) is 0.280. The third kappa shape index (κ3) is 5.39. The van der Waals surface area contributed by atoms with Crippen LogP contribution in [-0.2, 0) is 24.2 Å². The zero-order chi connectivity index (χ0) is 21.8. The van der Waals surface area contributed by atoms with E-state index < -0.39 is 0 Å². The van der Waals surface area contributed by atoms with Crippen molar-refractivity contribution < 1.29 is 14.0 Å². The van der Waals surface area contributed by atoms with Crippen LogP contribution in [0.3, 0.4) is 0 Å². The van der Waals surface area contributed by atoms with Crippen LogP contribution >= 0.6 is 11.8 Å². The zero-order valence-corrected chi connectivity index (χ0v) is 18.6. The number of fused-ring (bicyclic) bond motifs is 1. The molecule has 0 saturated carbocycles. The van der Waals surface area contributed by atoms with Crippen LogP contribution in [0.15, 0.2) is 70.2 Å². The summed E-state index contributed by atoms with van der Waals surface area (Å²) >= 11 is 1.81. The number of benzene rings is 2. The fourth-order valence-electron chi connectivity index (χ4n) is 3.71. The molecule has 0 saturated heterocycles. The van der Waals surface area contributed by atoms with Crippen LogP contribution in [0.1, 0.15) is 41.1 Å². The van der Waals surface area contributed by atoms with Crippen LogP contribution in [0, 0.1) is 0 Å². The molecule has 0 bridgehead atoms. The number of hydrogen-bond acceptors (Lipinski definition) is 4. The van der Waals surface area contributed by atoms with Crippen LogP contribution in [-0.4, -0.2) is 28.5 Å². The summed E-state index contributed by atoms with van der Waals surface area (Å²) in [6.07, 6.45) is 2.62. The second kappa shape index (κ2) is 9.43. The smallest absolute Gasteiger partial charge is 0.289 e. The average Bonchev–Trinajstić information content (AvgIpc) is 3.28. The van der Waals surface area contributed by atoms with Crippen molar-refractivity contribution in [2.45, 2.75) is 43.4 Å². The largest absolute Gasteiger partial charge is 0.459 e. The molecule has 3 aromatic rings. The van der Waals surface area contributed by atoms with Gasteiger partial charge in [-0.3, -0.25) is 9.59 Å². The van der Waals surface area contributed by atoms with E-state index >= 15 is 0 Å². The Labute approximate surface area is 186 Å². The second-order valence-corrected chi connectivity index (χ2v) is 9.62. The maximum atomic E-state index is 12.6. The lowest BCUT2D eigenvalue weighted by Crippen LogP contribution is -2.35. The van der Waals surface area contributed by atoms with E-state index in [-0.39, 0.29) is 11.8 Å². The summed E-state index contributed by atoms with van der Waals surface area (Å²) in [4.78, 5) is 28.1. The number of nitrogens with one attached hydrogen (secondary N) is 1. The van der Waals surface area contributed by atoms with Gasteiger partial charge in [0.2, 0.25) is 5.91 Å². The normalized spacial score (nSPS) is 13.2. The number of carbonyl (C=O) groups is 2. The number of rotatable bonds is 6. The SMILES string of the molecule is CC(C)Sc1ccc(CC(=O)Nc2ccc3c(c2)CN(C(=O)c2ccco2)CC3)cc1.